The number of rotatable bonds is 5. The monoisotopic (exact) mass is 595 g/mol. The van der Waals surface area contributed by atoms with Crippen molar-refractivity contribution in [1.29, 1.82) is 0 Å². The Morgan fingerprint density at radius 1 is 1.11 bits per heavy atom. The van der Waals surface area contributed by atoms with Gasteiger partial charge in [-0.1, -0.05) is 24.1 Å². The predicted octanol–water partition coefficient (Wildman–Crippen LogP) is 5.48. The van der Waals surface area contributed by atoms with Gasteiger partial charge in [0, 0.05) is 60.0 Å². The van der Waals surface area contributed by atoms with Crippen molar-refractivity contribution in [2.24, 2.45) is 0 Å². The second-order valence-electron chi connectivity index (χ2n) is 13.1. The topological polar surface area (TPSA) is 73.8 Å². The summed E-state index contributed by atoms with van der Waals surface area (Å²) >= 11 is 0. The molecule has 1 aromatic heterocycles. The van der Waals surface area contributed by atoms with Gasteiger partial charge in [-0.3, -0.25) is 4.90 Å². The number of halogens is 2. The number of alkyl halides is 1. The quantitative estimate of drug-likeness (QED) is 0.296. The van der Waals surface area contributed by atoms with Gasteiger partial charge in [0.15, 0.2) is 5.82 Å². The summed E-state index contributed by atoms with van der Waals surface area (Å²) in [4.78, 5) is 13.9. The molecule has 8 rings (SSSR count). The molecule has 0 amide bonds. The Morgan fingerprint density at radius 2 is 1.93 bits per heavy atom. The standard InChI is InChI=1S/C35H35F2N5O2/c1-3-26-20(2)5-6-21-13-25(43)14-29(30(21)26)27-9-10-28-32(31(27)37)39-34(40-33(28)41-17-23-7-8-24(18-41)38-23)44-19-35-11-4-12-42(35)16-22(36)15-35/h1,5-6,9-10,13-14,22-24,38,43H,4,7-8,11-12,15-19H2,2H3/t22-,23?,24?,35+/m1/s1. The molecule has 0 saturated carbocycles. The number of piperazine rings is 1. The van der Waals surface area contributed by atoms with Gasteiger partial charge in [-0.05, 0) is 73.9 Å². The van der Waals surface area contributed by atoms with Crippen LogP contribution < -0.4 is 15.0 Å². The highest BCUT2D eigenvalue weighted by Gasteiger charge is 2.49. The molecule has 4 aliphatic heterocycles. The molecule has 4 aliphatic rings. The fraction of sp³-hybridized carbons (Fsp3) is 0.429. The van der Waals surface area contributed by atoms with E-state index in [4.69, 9.17) is 16.1 Å². The molecule has 44 heavy (non-hydrogen) atoms. The number of aryl methyl sites for hydroxylation is 1. The lowest BCUT2D eigenvalue weighted by Gasteiger charge is -2.34. The number of fused-ring (bicyclic) bond motifs is 5. The van der Waals surface area contributed by atoms with Gasteiger partial charge in [-0.25, -0.2) is 8.78 Å². The zero-order valence-corrected chi connectivity index (χ0v) is 24.7. The second-order valence-corrected chi connectivity index (χ2v) is 13.1. The van der Waals surface area contributed by atoms with Crippen LogP contribution in [0.15, 0.2) is 36.4 Å². The van der Waals surface area contributed by atoms with E-state index in [1.165, 1.54) is 0 Å². The summed E-state index contributed by atoms with van der Waals surface area (Å²) in [6, 6.07) is 11.4. The number of nitrogens with zero attached hydrogens (tertiary/aromatic N) is 4. The normalized spacial score (nSPS) is 26.4. The molecule has 7 nitrogen and oxygen atoms in total. The first-order valence-corrected chi connectivity index (χ1v) is 15.6. The number of phenols is 1. The third-order valence-electron chi connectivity index (χ3n) is 10.3. The second kappa shape index (κ2) is 10.3. The van der Waals surface area contributed by atoms with E-state index in [-0.39, 0.29) is 35.0 Å². The van der Waals surface area contributed by atoms with E-state index in [1.54, 1.807) is 18.2 Å². The Labute approximate surface area is 255 Å². The minimum absolute atomic E-state index is 0.0191. The van der Waals surface area contributed by atoms with E-state index in [0.29, 0.717) is 52.8 Å². The lowest BCUT2D eigenvalue weighted by molar-refractivity contribution is 0.107. The van der Waals surface area contributed by atoms with Crippen molar-refractivity contribution >= 4 is 27.5 Å². The van der Waals surface area contributed by atoms with Gasteiger partial charge in [0.1, 0.15) is 29.9 Å². The predicted molar refractivity (Wildman–Crippen MR) is 167 cm³/mol. The van der Waals surface area contributed by atoms with E-state index in [1.807, 2.05) is 25.1 Å². The lowest BCUT2D eigenvalue weighted by atomic mass is 9.91. The van der Waals surface area contributed by atoms with Crippen LogP contribution in [0.4, 0.5) is 14.6 Å². The number of hydrogen-bond donors (Lipinski definition) is 2. The van der Waals surface area contributed by atoms with Gasteiger partial charge in [0.25, 0.3) is 0 Å². The highest BCUT2D eigenvalue weighted by Crippen LogP contribution is 2.42. The van der Waals surface area contributed by atoms with Gasteiger partial charge in [0.2, 0.25) is 0 Å². The first-order chi connectivity index (χ1) is 21.3. The lowest BCUT2D eigenvalue weighted by Crippen LogP contribution is -2.51. The average Bonchev–Trinajstić information content (AvgIpc) is 3.66. The molecule has 3 aromatic carbocycles. The molecule has 9 heteroatoms. The number of ether oxygens (including phenoxy) is 1. The molecule has 4 atom stereocenters. The highest BCUT2D eigenvalue weighted by atomic mass is 19.1. The zero-order chi connectivity index (χ0) is 30.2. The van der Waals surface area contributed by atoms with Crippen LogP contribution in [0.25, 0.3) is 32.8 Å². The molecule has 226 valence electrons. The van der Waals surface area contributed by atoms with Crippen LogP contribution in [0.2, 0.25) is 0 Å². The molecule has 0 spiro atoms. The number of terminal acetylenes is 1. The van der Waals surface area contributed by atoms with Gasteiger partial charge >= 0.3 is 6.01 Å². The third kappa shape index (κ3) is 4.38. The maximum Gasteiger partial charge on any atom is 0.319 e. The van der Waals surface area contributed by atoms with Crippen LogP contribution in [-0.2, 0) is 0 Å². The Kier molecular flexibility index (Phi) is 6.44. The van der Waals surface area contributed by atoms with Gasteiger partial charge in [-0.15, -0.1) is 6.42 Å². The molecule has 0 radical (unpaired) electrons. The van der Waals surface area contributed by atoms with Crippen molar-refractivity contribution in [3.63, 3.8) is 0 Å². The third-order valence-corrected chi connectivity index (χ3v) is 10.3. The summed E-state index contributed by atoms with van der Waals surface area (Å²) in [5.41, 5.74) is 2.10. The maximum absolute atomic E-state index is 16.9. The number of aromatic nitrogens is 2. The number of benzene rings is 3. The highest BCUT2D eigenvalue weighted by molar-refractivity contribution is 6.04. The fourth-order valence-corrected chi connectivity index (χ4v) is 8.21. The van der Waals surface area contributed by atoms with E-state index in [9.17, 15) is 9.50 Å². The van der Waals surface area contributed by atoms with E-state index < -0.39 is 12.0 Å². The summed E-state index contributed by atoms with van der Waals surface area (Å²) in [6.45, 7) is 4.97. The maximum atomic E-state index is 16.9. The number of hydrogen-bond acceptors (Lipinski definition) is 7. The first-order valence-electron chi connectivity index (χ1n) is 15.6. The van der Waals surface area contributed by atoms with Crippen LogP contribution in [0.3, 0.4) is 0 Å². The summed E-state index contributed by atoms with van der Waals surface area (Å²) < 4.78 is 37.6. The van der Waals surface area contributed by atoms with Crippen LogP contribution in [0.5, 0.6) is 11.8 Å². The largest absolute Gasteiger partial charge is 0.508 e. The van der Waals surface area contributed by atoms with Crippen molar-refractivity contribution in [2.75, 3.05) is 37.7 Å². The summed E-state index contributed by atoms with van der Waals surface area (Å²) in [5, 5.41) is 16.3. The molecule has 4 aromatic rings. The average molecular weight is 596 g/mol. The first kappa shape index (κ1) is 27.5. The molecule has 2 unspecified atom stereocenters. The molecule has 0 aliphatic carbocycles. The number of nitrogens with one attached hydrogen (secondary N) is 1. The number of aromatic hydroxyl groups is 1. The fourth-order valence-electron chi connectivity index (χ4n) is 8.21. The molecule has 4 saturated heterocycles. The van der Waals surface area contributed by atoms with Gasteiger partial charge < -0.3 is 20.1 Å². The minimum Gasteiger partial charge on any atom is -0.508 e. The van der Waals surface area contributed by atoms with Crippen molar-refractivity contribution in [3.05, 3.63) is 53.3 Å². The molecule has 2 bridgehead atoms. The summed E-state index contributed by atoms with van der Waals surface area (Å²) in [7, 11) is 0. The van der Waals surface area contributed by atoms with Crippen LogP contribution in [0, 0.1) is 25.1 Å². The van der Waals surface area contributed by atoms with E-state index >= 15 is 4.39 Å². The van der Waals surface area contributed by atoms with Crippen molar-refractivity contribution < 1.29 is 18.6 Å². The Morgan fingerprint density at radius 3 is 2.73 bits per heavy atom. The van der Waals surface area contributed by atoms with Gasteiger partial charge in [-0.2, -0.15) is 9.97 Å². The summed E-state index contributed by atoms with van der Waals surface area (Å²) in [5.74, 6) is 2.90. The van der Waals surface area contributed by atoms with Crippen molar-refractivity contribution in [3.8, 4) is 35.2 Å². The Bertz CT molecular complexity index is 1850. The summed E-state index contributed by atoms with van der Waals surface area (Å²) in [6.07, 6.45) is 9.52. The van der Waals surface area contributed by atoms with Crippen molar-refractivity contribution in [1.82, 2.24) is 20.2 Å². The molecule has 4 fully saturated rings. The number of anilines is 1. The van der Waals surface area contributed by atoms with E-state index in [0.717, 1.165) is 56.3 Å². The SMILES string of the molecule is C#Cc1c(C)ccc2cc(O)cc(-c3ccc4c(N5CC6CCC(C5)N6)nc(OC[C@@]56CCCN5C[C@H](F)C6)nc4c3F)c12. The van der Waals surface area contributed by atoms with Gasteiger partial charge in [0.05, 0.1) is 5.54 Å². The Balaban J connectivity index is 1.28. The van der Waals surface area contributed by atoms with E-state index in [2.05, 4.69) is 26.0 Å². The molecular weight excluding hydrogens is 560 g/mol. The zero-order valence-electron chi connectivity index (χ0n) is 24.7. The van der Waals surface area contributed by atoms with Crippen LogP contribution in [0.1, 0.15) is 43.2 Å². The molecule has 2 N–H and O–H groups in total. The number of phenolic OH excluding ortho intramolecular Hbond substituents is 1. The van der Waals surface area contributed by atoms with Crippen molar-refractivity contribution in [2.45, 2.75) is 62.8 Å². The minimum atomic E-state index is -0.878. The Hall–Kier alpha value is -4.00. The molecule has 5 heterocycles. The molecular formula is C35H35F2N5O2. The van der Waals surface area contributed by atoms with Crippen LogP contribution in [-0.4, -0.2) is 76.6 Å². The smallest absolute Gasteiger partial charge is 0.319 e. The van der Waals surface area contributed by atoms with Crippen LogP contribution >= 0.6 is 0 Å².